The number of hydrogen-bond donors (Lipinski definition) is 0. The normalized spacial score (nSPS) is 11.7. The largest absolute Gasteiger partial charge is 0.285 e. The minimum atomic E-state index is 0.373. The van der Waals surface area contributed by atoms with Gasteiger partial charge >= 0.3 is 0 Å². The van der Waals surface area contributed by atoms with Crippen LogP contribution in [0.3, 0.4) is 0 Å². The summed E-state index contributed by atoms with van der Waals surface area (Å²) < 4.78 is 0. The average molecular weight is 314 g/mol. The predicted molar refractivity (Wildman–Crippen MR) is 81.6 cm³/mol. The van der Waals surface area contributed by atoms with Gasteiger partial charge in [0.25, 0.3) is 0 Å². The lowest BCUT2D eigenvalue weighted by Crippen LogP contribution is -1.96. The average Bonchev–Trinajstić information content (AvgIpc) is 2.35. The van der Waals surface area contributed by atoms with Gasteiger partial charge in [-0.1, -0.05) is 46.9 Å². The van der Waals surface area contributed by atoms with Gasteiger partial charge in [0.2, 0.25) is 0 Å². The van der Waals surface area contributed by atoms with Gasteiger partial charge in [0.05, 0.1) is 6.54 Å². The molecule has 0 atom stereocenters. The Kier molecular flexibility index (Phi) is 4.81. The number of hydrogen-bond acceptors (Lipinski definition) is 2. The minimum absolute atomic E-state index is 0.373. The molecule has 0 aliphatic rings. The smallest absolute Gasteiger partial charge is 0.131 e. The second kappa shape index (κ2) is 6.38. The molecular weight excluding hydrogens is 303 g/mol. The van der Waals surface area contributed by atoms with Gasteiger partial charge < -0.3 is 0 Å². The zero-order valence-electron chi connectivity index (χ0n) is 10.2. The maximum atomic E-state index is 5.95. The summed E-state index contributed by atoms with van der Waals surface area (Å²) >= 11 is 17.6. The zero-order valence-corrected chi connectivity index (χ0v) is 12.5. The molecule has 2 nitrogen and oxygen atoms in total. The van der Waals surface area contributed by atoms with Crippen LogP contribution in [0, 0.1) is 0 Å². The van der Waals surface area contributed by atoms with E-state index < -0.39 is 0 Å². The van der Waals surface area contributed by atoms with Crippen LogP contribution in [0.25, 0.3) is 0 Å². The monoisotopic (exact) mass is 312 g/mol. The Morgan fingerprint density at radius 1 is 1.11 bits per heavy atom. The number of nitrogens with zero attached hydrogens (tertiary/aromatic N) is 2. The summed E-state index contributed by atoms with van der Waals surface area (Å²) in [6.07, 6.45) is 0. The first-order chi connectivity index (χ1) is 9.04. The van der Waals surface area contributed by atoms with Crippen molar-refractivity contribution in [1.29, 1.82) is 0 Å². The van der Waals surface area contributed by atoms with Crippen LogP contribution in [0.1, 0.15) is 18.1 Å². The molecule has 0 radical (unpaired) electrons. The molecule has 1 aromatic heterocycles. The summed E-state index contributed by atoms with van der Waals surface area (Å²) in [6, 6.07) is 11.1. The minimum Gasteiger partial charge on any atom is -0.285 e. The van der Waals surface area contributed by atoms with Crippen LogP contribution >= 0.6 is 34.8 Å². The second-order valence-electron chi connectivity index (χ2n) is 4.03. The molecule has 0 saturated carbocycles. The van der Waals surface area contributed by atoms with Gasteiger partial charge in [-0.15, -0.1) is 0 Å². The molecule has 0 aliphatic carbocycles. The van der Waals surface area contributed by atoms with Crippen molar-refractivity contribution in [3.05, 3.63) is 62.9 Å². The molecule has 0 N–H and O–H groups in total. The third-order valence-electron chi connectivity index (χ3n) is 2.56. The van der Waals surface area contributed by atoms with E-state index >= 15 is 0 Å². The summed E-state index contributed by atoms with van der Waals surface area (Å²) in [7, 11) is 0. The molecule has 1 heterocycles. The van der Waals surface area contributed by atoms with Gasteiger partial charge in [0.15, 0.2) is 0 Å². The molecule has 19 heavy (non-hydrogen) atoms. The van der Waals surface area contributed by atoms with Gasteiger partial charge in [-0.2, -0.15) is 0 Å². The van der Waals surface area contributed by atoms with Gasteiger partial charge in [-0.3, -0.25) is 4.99 Å². The molecular formula is C14H11Cl3N2. The molecule has 2 aromatic rings. The van der Waals surface area contributed by atoms with Crippen LogP contribution in [0.2, 0.25) is 15.3 Å². The van der Waals surface area contributed by atoms with Gasteiger partial charge in [0, 0.05) is 10.7 Å². The quantitative estimate of drug-likeness (QED) is 0.575. The van der Waals surface area contributed by atoms with Crippen molar-refractivity contribution >= 4 is 40.5 Å². The second-order valence-corrected chi connectivity index (χ2v) is 5.24. The highest BCUT2D eigenvalue weighted by Gasteiger charge is 2.01. The fraction of sp³-hybridized carbons (Fsp3) is 0.143. The Balaban J connectivity index is 2.18. The van der Waals surface area contributed by atoms with E-state index in [0.29, 0.717) is 21.9 Å². The van der Waals surface area contributed by atoms with E-state index in [1.165, 1.54) is 0 Å². The van der Waals surface area contributed by atoms with E-state index in [1.54, 1.807) is 12.1 Å². The summed E-state index contributed by atoms with van der Waals surface area (Å²) in [4.78, 5) is 8.40. The highest BCUT2D eigenvalue weighted by Crippen LogP contribution is 2.16. The number of aromatic nitrogens is 1. The Hall–Kier alpha value is -1.09. The fourth-order valence-corrected chi connectivity index (χ4v) is 2.32. The lowest BCUT2D eigenvalue weighted by Gasteiger charge is -2.03. The van der Waals surface area contributed by atoms with Crippen LogP contribution in [0.5, 0.6) is 0 Å². The Labute approximate surface area is 127 Å². The zero-order chi connectivity index (χ0) is 13.8. The van der Waals surface area contributed by atoms with Crippen molar-refractivity contribution in [1.82, 2.24) is 4.98 Å². The van der Waals surface area contributed by atoms with E-state index in [-0.39, 0.29) is 0 Å². The molecule has 2 rings (SSSR count). The molecule has 0 amide bonds. The molecule has 0 saturated heterocycles. The summed E-state index contributed by atoms with van der Waals surface area (Å²) in [5, 5.41) is 1.44. The van der Waals surface area contributed by atoms with Crippen molar-refractivity contribution in [2.75, 3.05) is 0 Å². The lowest BCUT2D eigenvalue weighted by molar-refractivity contribution is 1.05. The van der Waals surface area contributed by atoms with E-state index in [2.05, 4.69) is 9.98 Å². The number of pyridine rings is 1. The fourth-order valence-electron chi connectivity index (χ4n) is 1.62. The first kappa shape index (κ1) is 14.3. The third kappa shape index (κ3) is 4.20. The van der Waals surface area contributed by atoms with Crippen LogP contribution in [0.15, 0.2) is 41.4 Å². The van der Waals surface area contributed by atoms with E-state index in [4.69, 9.17) is 34.8 Å². The van der Waals surface area contributed by atoms with Gasteiger partial charge in [0.1, 0.15) is 10.3 Å². The Morgan fingerprint density at radius 3 is 2.42 bits per heavy atom. The molecule has 1 aromatic carbocycles. The third-order valence-corrected chi connectivity index (χ3v) is 3.19. The maximum Gasteiger partial charge on any atom is 0.131 e. The lowest BCUT2D eigenvalue weighted by atomic mass is 10.1. The van der Waals surface area contributed by atoms with Gasteiger partial charge in [-0.05, 0) is 42.3 Å². The van der Waals surface area contributed by atoms with E-state index in [9.17, 15) is 0 Å². The number of rotatable bonds is 3. The molecule has 98 valence electrons. The van der Waals surface area contributed by atoms with E-state index in [1.807, 2.05) is 31.2 Å². The van der Waals surface area contributed by atoms with Crippen molar-refractivity contribution in [2.24, 2.45) is 4.99 Å². The van der Waals surface area contributed by atoms with Crippen molar-refractivity contribution in [3.8, 4) is 0 Å². The van der Waals surface area contributed by atoms with Crippen molar-refractivity contribution < 1.29 is 0 Å². The number of aliphatic imine (C=N–C) groups is 1. The van der Waals surface area contributed by atoms with Crippen LogP contribution in [0.4, 0.5) is 0 Å². The molecule has 0 bridgehead atoms. The predicted octanol–water partition coefficient (Wildman–Crippen LogP) is 5.05. The molecule has 0 unspecified atom stereocenters. The SMILES string of the molecule is CC(=NCc1cc(Cl)nc(Cl)c1)c1cccc(Cl)c1. The number of halogens is 3. The summed E-state index contributed by atoms with van der Waals surface area (Å²) in [6.45, 7) is 2.44. The first-order valence-corrected chi connectivity index (χ1v) is 6.77. The molecule has 0 aliphatic heterocycles. The van der Waals surface area contributed by atoms with E-state index in [0.717, 1.165) is 16.8 Å². The standard InChI is InChI=1S/C14H11Cl3N2/c1-9(11-3-2-4-12(15)7-11)18-8-10-5-13(16)19-14(17)6-10/h2-7H,8H2,1H3. The highest BCUT2D eigenvalue weighted by atomic mass is 35.5. The van der Waals surface area contributed by atoms with Crippen molar-refractivity contribution in [3.63, 3.8) is 0 Å². The summed E-state index contributed by atoms with van der Waals surface area (Å²) in [5.74, 6) is 0. The molecule has 0 spiro atoms. The topological polar surface area (TPSA) is 25.2 Å². The highest BCUT2D eigenvalue weighted by molar-refractivity contribution is 6.32. The summed E-state index contributed by atoms with van der Waals surface area (Å²) in [5.41, 5.74) is 2.83. The molecule has 5 heteroatoms. The maximum absolute atomic E-state index is 5.95. The van der Waals surface area contributed by atoms with Crippen LogP contribution < -0.4 is 0 Å². The van der Waals surface area contributed by atoms with Crippen LogP contribution in [-0.4, -0.2) is 10.7 Å². The molecule has 0 fully saturated rings. The van der Waals surface area contributed by atoms with Crippen LogP contribution in [-0.2, 0) is 6.54 Å². The van der Waals surface area contributed by atoms with Crippen molar-refractivity contribution in [2.45, 2.75) is 13.5 Å². The number of benzene rings is 1. The Morgan fingerprint density at radius 2 is 1.79 bits per heavy atom. The van der Waals surface area contributed by atoms with Gasteiger partial charge in [-0.25, -0.2) is 4.98 Å². The first-order valence-electron chi connectivity index (χ1n) is 5.63. The Bertz CT molecular complexity index is 604.